The lowest BCUT2D eigenvalue weighted by molar-refractivity contribution is -0.0422. The van der Waals surface area contributed by atoms with Crippen molar-refractivity contribution in [3.8, 4) is 11.1 Å². The molecule has 48 heavy (non-hydrogen) atoms. The van der Waals surface area contributed by atoms with E-state index in [0.717, 1.165) is 62.5 Å². The lowest BCUT2D eigenvalue weighted by atomic mass is 9.65. The Balaban J connectivity index is 1.26. The van der Waals surface area contributed by atoms with Crippen molar-refractivity contribution >= 4 is 39.1 Å². The number of fused-ring (bicyclic) bond motifs is 9. The topological polar surface area (TPSA) is 70.4 Å². The minimum Gasteiger partial charge on any atom is -0.393 e. The van der Waals surface area contributed by atoms with E-state index in [1.807, 2.05) is 66.7 Å². The number of thioether (sulfide) groups is 1. The minimum absolute atomic E-state index is 0.00312. The Labute approximate surface area is 292 Å². The molecule has 3 aliphatic carbocycles. The average molecular weight is 674 g/mol. The summed E-state index contributed by atoms with van der Waals surface area (Å²) in [5.41, 5.74) is 6.37. The fourth-order valence-electron chi connectivity index (χ4n) is 7.87. The number of aromatic nitrogens is 1. The summed E-state index contributed by atoms with van der Waals surface area (Å²) in [6.07, 6.45) is 6.93. The first-order valence-electron chi connectivity index (χ1n) is 17.1. The molecule has 4 aromatic carbocycles. The van der Waals surface area contributed by atoms with Crippen LogP contribution in [0.3, 0.4) is 0 Å². The van der Waals surface area contributed by atoms with Gasteiger partial charge in [0.15, 0.2) is 10.1 Å². The third-order valence-electron chi connectivity index (χ3n) is 10.9. The van der Waals surface area contributed by atoms with Gasteiger partial charge in [-0.3, -0.25) is 4.79 Å². The van der Waals surface area contributed by atoms with E-state index in [1.54, 1.807) is 23.1 Å². The number of hydrogen-bond acceptors (Lipinski definition) is 6. The number of hydrogen-bond donors (Lipinski definition) is 2. The lowest BCUT2D eigenvalue weighted by Gasteiger charge is -2.44. The smallest absolute Gasteiger partial charge is 0.193 e. The zero-order chi connectivity index (χ0) is 33.3. The molecule has 0 saturated heterocycles. The molecule has 0 amide bonds. The average Bonchev–Trinajstić information content (AvgIpc) is 3.64. The highest BCUT2D eigenvalue weighted by atomic mass is 32.2. The van der Waals surface area contributed by atoms with Crippen LogP contribution in [0.1, 0.15) is 85.3 Å². The second-order valence-electron chi connectivity index (χ2n) is 14.0. The lowest BCUT2D eigenvalue weighted by Crippen LogP contribution is -2.46. The first-order valence-corrected chi connectivity index (χ1v) is 18.9. The van der Waals surface area contributed by atoms with Crippen molar-refractivity contribution in [2.24, 2.45) is 5.41 Å². The molecule has 246 valence electrons. The van der Waals surface area contributed by atoms with Crippen LogP contribution in [-0.4, -0.2) is 38.4 Å². The molecule has 1 saturated carbocycles. The number of carbonyl (C=O) groups is 1. The summed E-state index contributed by atoms with van der Waals surface area (Å²) in [4.78, 5) is 19.3. The van der Waals surface area contributed by atoms with Crippen LogP contribution in [0.25, 0.3) is 21.3 Å². The Morgan fingerprint density at radius 3 is 2.48 bits per heavy atom. The second kappa shape index (κ2) is 13.8. The summed E-state index contributed by atoms with van der Waals surface area (Å²) in [6.45, 7) is 4.40. The number of ketones is 1. The monoisotopic (exact) mass is 673 g/mol. The van der Waals surface area contributed by atoms with Crippen molar-refractivity contribution in [2.75, 3.05) is 5.75 Å². The number of rotatable bonds is 6. The van der Waals surface area contributed by atoms with Crippen LogP contribution < -0.4 is 0 Å². The third kappa shape index (κ3) is 6.56. The molecule has 6 heteroatoms. The fraction of sp³-hybridized carbons (Fsp3) is 0.333. The van der Waals surface area contributed by atoms with E-state index in [1.165, 1.54) is 5.57 Å². The number of aliphatic hydroxyl groups excluding tert-OH is 1. The maximum atomic E-state index is 14.5. The number of aliphatic hydroxyl groups is 2. The number of thiazole rings is 1. The van der Waals surface area contributed by atoms with Crippen LogP contribution in [-0.2, 0) is 6.42 Å². The largest absolute Gasteiger partial charge is 0.393 e. The molecular formula is C42H43NO3S2. The minimum atomic E-state index is -0.939. The predicted octanol–water partition coefficient (Wildman–Crippen LogP) is 10.0. The van der Waals surface area contributed by atoms with E-state index < -0.39 is 17.1 Å². The first kappa shape index (κ1) is 33.0. The highest BCUT2D eigenvalue weighted by Gasteiger charge is 2.56. The quantitative estimate of drug-likeness (QED) is 0.107. The zero-order valence-corrected chi connectivity index (χ0v) is 29.3. The van der Waals surface area contributed by atoms with Crippen LogP contribution >= 0.6 is 23.1 Å². The van der Waals surface area contributed by atoms with Gasteiger partial charge in [-0.05, 0) is 98.2 Å². The molecule has 1 aromatic heterocycles. The standard InChI is InChI=1S/C42H43NO3S2/c1-28-9-8-23-41(2)36(22-24-42(41,46)27-47-40-43-37-12-6-7-13-38(37)48-40)34-21-15-29(25-33(44)20-14-28)26-35(34)39(45)32-18-16-31(17-19-32)30-10-4-3-5-11-30/h3-7,9-13,15-19,21,26,33,36,44,46H,8,14,20,22-25,27H2,1-2H3. The van der Waals surface area contributed by atoms with Gasteiger partial charge in [0.25, 0.3) is 0 Å². The molecule has 2 bridgehead atoms. The fourth-order valence-corrected chi connectivity index (χ4v) is 10.2. The number of nitrogens with zero attached hydrogens (tertiary/aromatic N) is 1. The predicted molar refractivity (Wildman–Crippen MR) is 199 cm³/mol. The Kier molecular flexibility index (Phi) is 9.45. The summed E-state index contributed by atoms with van der Waals surface area (Å²) in [6, 6.07) is 32.5. The van der Waals surface area contributed by atoms with Gasteiger partial charge in [0, 0.05) is 22.3 Å². The third-order valence-corrected chi connectivity index (χ3v) is 13.3. The van der Waals surface area contributed by atoms with Gasteiger partial charge in [-0.15, -0.1) is 11.3 Å². The van der Waals surface area contributed by atoms with Crippen molar-refractivity contribution in [1.82, 2.24) is 4.98 Å². The molecule has 4 unspecified atom stereocenters. The number of para-hydroxylation sites is 1. The van der Waals surface area contributed by atoms with Crippen LogP contribution in [0.4, 0.5) is 0 Å². The summed E-state index contributed by atoms with van der Waals surface area (Å²) in [5, 5.41) is 23.6. The van der Waals surface area contributed by atoms with Crippen molar-refractivity contribution in [3.63, 3.8) is 0 Å². The maximum absolute atomic E-state index is 14.5. The van der Waals surface area contributed by atoms with Crippen LogP contribution in [0, 0.1) is 5.41 Å². The second-order valence-corrected chi connectivity index (χ2v) is 16.2. The summed E-state index contributed by atoms with van der Waals surface area (Å²) in [7, 11) is 0. The van der Waals surface area contributed by atoms with Gasteiger partial charge < -0.3 is 10.2 Å². The van der Waals surface area contributed by atoms with E-state index in [0.29, 0.717) is 36.1 Å². The summed E-state index contributed by atoms with van der Waals surface area (Å²) >= 11 is 3.34. The Bertz CT molecular complexity index is 1920. The van der Waals surface area contributed by atoms with E-state index in [2.05, 4.69) is 50.3 Å². The molecule has 0 aliphatic heterocycles. The van der Waals surface area contributed by atoms with Crippen LogP contribution in [0.5, 0.6) is 0 Å². The molecule has 8 rings (SSSR count). The molecule has 4 atom stereocenters. The molecule has 3 aliphatic rings. The molecule has 0 radical (unpaired) electrons. The van der Waals surface area contributed by atoms with E-state index in [-0.39, 0.29) is 11.7 Å². The van der Waals surface area contributed by atoms with Crippen molar-refractivity contribution in [2.45, 2.75) is 80.8 Å². The number of carbonyl (C=O) groups excluding carboxylic acids is 1. The van der Waals surface area contributed by atoms with Crippen molar-refractivity contribution in [1.29, 1.82) is 0 Å². The van der Waals surface area contributed by atoms with Gasteiger partial charge in [-0.25, -0.2) is 4.98 Å². The molecular weight excluding hydrogens is 631 g/mol. The highest BCUT2D eigenvalue weighted by Crippen LogP contribution is 2.60. The van der Waals surface area contributed by atoms with Gasteiger partial charge in [0.2, 0.25) is 0 Å². The number of benzene rings is 4. The molecule has 2 N–H and O–H groups in total. The molecule has 1 fully saturated rings. The Morgan fingerprint density at radius 1 is 0.938 bits per heavy atom. The molecule has 4 nitrogen and oxygen atoms in total. The SMILES string of the molecule is CC1=CCCC2(C)C(CCC2(O)CSc2nc3ccccc3s2)c2ccc(cc2C(=O)c2ccc(-c3ccccc3)cc2)CC(O)CC1. The maximum Gasteiger partial charge on any atom is 0.193 e. The van der Waals surface area contributed by atoms with Crippen LogP contribution in [0.15, 0.2) is 113 Å². The summed E-state index contributed by atoms with van der Waals surface area (Å²) < 4.78 is 2.14. The first-order chi connectivity index (χ1) is 23.2. The van der Waals surface area contributed by atoms with E-state index in [4.69, 9.17) is 4.98 Å². The highest BCUT2D eigenvalue weighted by molar-refractivity contribution is 8.01. The van der Waals surface area contributed by atoms with Crippen molar-refractivity contribution < 1.29 is 15.0 Å². The Hall–Kier alpha value is -3.55. The molecule has 0 spiro atoms. The van der Waals surface area contributed by atoms with Gasteiger partial charge >= 0.3 is 0 Å². The van der Waals surface area contributed by atoms with E-state index >= 15 is 0 Å². The van der Waals surface area contributed by atoms with Gasteiger partial charge in [0.1, 0.15) is 0 Å². The van der Waals surface area contributed by atoms with Crippen molar-refractivity contribution in [3.05, 3.63) is 131 Å². The van der Waals surface area contributed by atoms with Gasteiger partial charge in [-0.2, -0.15) is 0 Å². The van der Waals surface area contributed by atoms with E-state index in [9.17, 15) is 15.0 Å². The number of allylic oxidation sites excluding steroid dienone is 2. The Morgan fingerprint density at radius 2 is 1.69 bits per heavy atom. The normalized spacial score (nSPS) is 24.6. The van der Waals surface area contributed by atoms with Crippen LogP contribution in [0.2, 0.25) is 0 Å². The summed E-state index contributed by atoms with van der Waals surface area (Å²) in [5.74, 6) is 0.541. The molecule has 1 heterocycles. The van der Waals surface area contributed by atoms with Gasteiger partial charge in [0.05, 0.1) is 21.9 Å². The zero-order valence-electron chi connectivity index (χ0n) is 27.7. The molecule has 5 aromatic rings. The van der Waals surface area contributed by atoms with Gasteiger partial charge in [-0.1, -0.05) is 109 Å².